The molecule has 1 N–H and O–H groups in total. The Hall–Kier alpha value is -0.910. The van der Waals surface area contributed by atoms with Crippen molar-refractivity contribution < 1.29 is 8.42 Å². The molecule has 0 amide bonds. The maximum atomic E-state index is 12.9. The van der Waals surface area contributed by atoms with Gasteiger partial charge in [-0.2, -0.15) is 4.31 Å². The second-order valence-electron chi connectivity index (χ2n) is 6.16. The molecule has 116 valence electrons. The van der Waals surface area contributed by atoms with Gasteiger partial charge in [0, 0.05) is 25.7 Å². The summed E-state index contributed by atoms with van der Waals surface area (Å²) in [4.78, 5) is 0.473. The summed E-state index contributed by atoms with van der Waals surface area (Å²) in [5.41, 5.74) is 0.888. The maximum absolute atomic E-state index is 12.9. The van der Waals surface area contributed by atoms with Gasteiger partial charge in [-0.05, 0) is 43.2 Å². The Morgan fingerprint density at radius 1 is 1.19 bits per heavy atom. The van der Waals surface area contributed by atoms with Crippen molar-refractivity contribution in [1.29, 1.82) is 0 Å². The molecule has 0 saturated heterocycles. The number of benzene rings is 1. The molecular weight excluding hydrogens is 284 g/mol. The first kappa shape index (κ1) is 15.0. The molecule has 3 rings (SSSR count). The van der Waals surface area contributed by atoms with Crippen LogP contribution in [0.4, 0.5) is 0 Å². The predicted octanol–water partition coefficient (Wildman–Crippen LogP) is 2.36. The van der Waals surface area contributed by atoms with Gasteiger partial charge in [0.15, 0.2) is 0 Å². The molecule has 1 aromatic carbocycles. The molecule has 0 spiro atoms. The molecule has 0 atom stereocenters. The van der Waals surface area contributed by atoms with Crippen LogP contribution in [-0.2, 0) is 16.6 Å². The van der Waals surface area contributed by atoms with Crippen molar-refractivity contribution in [3.63, 3.8) is 0 Å². The van der Waals surface area contributed by atoms with Crippen molar-refractivity contribution in [3.8, 4) is 0 Å². The first-order chi connectivity index (χ1) is 10.1. The fraction of sp³-hybridized carbons (Fsp3) is 0.625. The van der Waals surface area contributed by atoms with Gasteiger partial charge in [-0.1, -0.05) is 25.1 Å². The Morgan fingerprint density at radius 2 is 1.90 bits per heavy atom. The third-order valence-corrected chi connectivity index (χ3v) is 6.30. The van der Waals surface area contributed by atoms with Gasteiger partial charge >= 0.3 is 0 Å². The highest BCUT2D eigenvalue weighted by Crippen LogP contribution is 2.32. The van der Waals surface area contributed by atoms with Gasteiger partial charge in [0.2, 0.25) is 10.0 Å². The summed E-state index contributed by atoms with van der Waals surface area (Å²) >= 11 is 0. The Labute approximate surface area is 127 Å². The SMILES string of the molecule is CCN(CC1CC1)S(=O)(=O)c1ccccc1CNC1CC1. The second-order valence-corrected chi connectivity index (χ2v) is 8.07. The van der Waals surface area contributed by atoms with Gasteiger partial charge in [0.1, 0.15) is 0 Å². The minimum Gasteiger partial charge on any atom is -0.310 e. The van der Waals surface area contributed by atoms with Gasteiger partial charge in [-0.15, -0.1) is 0 Å². The normalized spacial score (nSPS) is 19.1. The first-order valence-corrected chi connectivity index (χ1v) is 9.36. The van der Waals surface area contributed by atoms with E-state index < -0.39 is 10.0 Å². The van der Waals surface area contributed by atoms with Crippen LogP contribution in [0.1, 0.15) is 38.2 Å². The molecular formula is C16H24N2O2S. The zero-order valence-electron chi connectivity index (χ0n) is 12.6. The van der Waals surface area contributed by atoms with Crippen molar-refractivity contribution in [1.82, 2.24) is 9.62 Å². The first-order valence-electron chi connectivity index (χ1n) is 7.92. The predicted molar refractivity (Wildman–Crippen MR) is 83.5 cm³/mol. The average Bonchev–Trinajstić information content (AvgIpc) is 3.37. The third-order valence-electron chi connectivity index (χ3n) is 4.26. The van der Waals surface area contributed by atoms with Gasteiger partial charge in [0.25, 0.3) is 0 Å². The standard InChI is InChI=1S/C16H24N2O2S/c1-2-18(12-13-7-8-13)21(19,20)16-6-4-3-5-14(16)11-17-15-9-10-15/h3-6,13,15,17H,2,7-12H2,1H3. The van der Waals surface area contributed by atoms with E-state index in [9.17, 15) is 8.42 Å². The van der Waals surface area contributed by atoms with E-state index in [4.69, 9.17) is 0 Å². The van der Waals surface area contributed by atoms with Crippen molar-refractivity contribution in [2.45, 2.75) is 50.1 Å². The molecule has 21 heavy (non-hydrogen) atoms. The van der Waals surface area contributed by atoms with Crippen LogP contribution in [-0.4, -0.2) is 31.9 Å². The summed E-state index contributed by atoms with van der Waals surface area (Å²) in [6.45, 7) is 3.78. The highest BCUT2D eigenvalue weighted by Gasteiger charge is 2.32. The van der Waals surface area contributed by atoms with Crippen molar-refractivity contribution in [2.24, 2.45) is 5.92 Å². The minimum absolute atomic E-state index is 0.473. The van der Waals surface area contributed by atoms with Gasteiger partial charge in [-0.3, -0.25) is 0 Å². The van der Waals surface area contributed by atoms with Gasteiger partial charge < -0.3 is 5.32 Å². The van der Waals surface area contributed by atoms with Crippen LogP contribution < -0.4 is 5.32 Å². The summed E-state index contributed by atoms with van der Waals surface area (Å²) in [7, 11) is -3.37. The van der Waals surface area contributed by atoms with Crippen LogP contribution in [0.5, 0.6) is 0 Å². The monoisotopic (exact) mass is 308 g/mol. The Balaban J connectivity index is 1.81. The molecule has 2 fully saturated rings. The molecule has 1 aromatic rings. The number of nitrogens with zero attached hydrogens (tertiary/aromatic N) is 1. The zero-order chi connectivity index (χ0) is 14.9. The lowest BCUT2D eigenvalue weighted by Crippen LogP contribution is -2.33. The van der Waals surface area contributed by atoms with Crippen LogP contribution in [0.3, 0.4) is 0 Å². The molecule has 4 nitrogen and oxygen atoms in total. The van der Waals surface area contributed by atoms with Crippen molar-refractivity contribution in [3.05, 3.63) is 29.8 Å². The number of nitrogens with one attached hydrogen (secondary N) is 1. The van der Waals surface area contributed by atoms with Crippen LogP contribution in [0, 0.1) is 5.92 Å². The van der Waals surface area contributed by atoms with Crippen LogP contribution in [0.25, 0.3) is 0 Å². The van der Waals surface area contributed by atoms with Gasteiger partial charge in [-0.25, -0.2) is 8.42 Å². The van der Waals surface area contributed by atoms with E-state index in [1.807, 2.05) is 25.1 Å². The Bertz CT molecular complexity index is 592. The van der Waals surface area contributed by atoms with Crippen molar-refractivity contribution in [2.75, 3.05) is 13.1 Å². The molecule has 0 heterocycles. The molecule has 0 aliphatic heterocycles. The Morgan fingerprint density at radius 3 is 2.52 bits per heavy atom. The fourth-order valence-corrected chi connectivity index (χ4v) is 4.32. The number of hydrogen-bond acceptors (Lipinski definition) is 3. The van der Waals surface area contributed by atoms with E-state index in [2.05, 4.69) is 5.32 Å². The fourth-order valence-electron chi connectivity index (χ4n) is 2.57. The average molecular weight is 308 g/mol. The van der Waals surface area contributed by atoms with Crippen molar-refractivity contribution >= 4 is 10.0 Å². The third kappa shape index (κ3) is 3.65. The molecule has 2 saturated carbocycles. The lowest BCUT2D eigenvalue weighted by Gasteiger charge is -2.22. The Kier molecular flexibility index (Phi) is 4.33. The molecule has 5 heteroatoms. The molecule has 0 bridgehead atoms. The zero-order valence-corrected chi connectivity index (χ0v) is 13.4. The maximum Gasteiger partial charge on any atom is 0.243 e. The smallest absolute Gasteiger partial charge is 0.243 e. The number of hydrogen-bond donors (Lipinski definition) is 1. The topological polar surface area (TPSA) is 49.4 Å². The van der Waals surface area contributed by atoms with E-state index >= 15 is 0 Å². The lowest BCUT2D eigenvalue weighted by molar-refractivity contribution is 0.411. The van der Waals surface area contributed by atoms with Crippen LogP contribution in [0.2, 0.25) is 0 Å². The summed E-state index contributed by atoms with van der Waals surface area (Å²) in [5.74, 6) is 0.566. The van der Waals surface area contributed by atoms with Gasteiger partial charge in [0.05, 0.1) is 4.90 Å². The summed E-state index contributed by atoms with van der Waals surface area (Å²) in [6.07, 6.45) is 4.74. The minimum atomic E-state index is -3.37. The van der Waals surface area contributed by atoms with E-state index in [0.717, 1.165) is 18.4 Å². The molecule has 2 aliphatic carbocycles. The van der Waals surface area contributed by atoms with Crippen LogP contribution >= 0.6 is 0 Å². The summed E-state index contributed by atoms with van der Waals surface area (Å²) < 4.78 is 27.5. The highest BCUT2D eigenvalue weighted by molar-refractivity contribution is 7.89. The van der Waals surface area contributed by atoms with Crippen LogP contribution in [0.15, 0.2) is 29.2 Å². The van der Waals surface area contributed by atoms with E-state index in [0.29, 0.717) is 36.5 Å². The van der Waals surface area contributed by atoms with E-state index in [1.165, 1.54) is 12.8 Å². The lowest BCUT2D eigenvalue weighted by atomic mass is 10.2. The number of rotatable bonds is 8. The number of sulfonamides is 1. The highest BCUT2D eigenvalue weighted by atomic mass is 32.2. The molecule has 0 unspecified atom stereocenters. The molecule has 0 aromatic heterocycles. The summed E-state index contributed by atoms with van der Waals surface area (Å²) in [5, 5.41) is 3.41. The van der Waals surface area contributed by atoms with E-state index in [-0.39, 0.29) is 0 Å². The largest absolute Gasteiger partial charge is 0.310 e. The molecule has 2 aliphatic rings. The summed E-state index contributed by atoms with van der Waals surface area (Å²) in [6, 6.07) is 7.98. The molecule has 0 radical (unpaired) electrons. The second kappa shape index (κ2) is 6.07. The quantitative estimate of drug-likeness (QED) is 0.802. The van der Waals surface area contributed by atoms with E-state index in [1.54, 1.807) is 10.4 Å².